The molecule has 0 radical (unpaired) electrons. The molecule has 3 heterocycles. The molecule has 0 N–H and O–H groups in total. The summed E-state index contributed by atoms with van der Waals surface area (Å²) in [7, 11) is 0. The summed E-state index contributed by atoms with van der Waals surface area (Å²) in [5.74, 6) is 1.85. The van der Waals surface area contributed by atoms with Crippen molar-refractivity contribution in [3.05, 3.63) is 35.4 Å². The summed E-state index contributed by atoms with van der Waals surface area (Å²) >= 11 is 6.28. The van der Waals surface area contributed by atoms with E-state index in [1.54, 1.807) is 0 Å². The Kier molecular flexibility index (Phi) is 3.76. The van der Waals surface area contributed by atoms with Gasteiger partial charge >= 0.3 is 0 Å². The third-order valence-electron chi connectivity index (χ3n) is 4.20. The fourth-order valence-corrected chi connectivity index (χ4v) is 3.25. The van der Waals surface area contributed by atoms with Crippen LogP contribution in [0.15, 0.2) is 24.4 Å². The topological polar surface area (TPSA) is 20.5 Å². The molecule has 0 unspecified atom stereocenters. The van der Waals surface area contributed by atoms with Crippen LogP contribution >= 0.6 is 11.6 Å². The molecule has 1 aliphatic heterocycles. The molecule has 102 valence electrons. The Morgan fingerprint density at radius 3 is 2.84 bits per heavy atom. The van der Waals surface area contributed by atoms with Gasteiger partial charge in [0, 0.05) is 6.42 Å². The Hall–Kier alpha value is -1.06. The van der Waals surface area contributed by atoms with Gasteiger partial charge < -0.3 is 4.90 Å². The fraction of sp³-hybridized carbons (Fsp3) is 0.533. The van der Waals surface area contributed by atoms with E-state index in [1.165, 1.54) is 32.5 Å². The first kappa shape index (κ1) is 12.9. The summed E-state index contributed by atoms with van der Waals surface area (Å²) in [5, 5.41) is 0.760. The molecule has 3 rings (SSSR count). The molecule has 3 nitrogen and oxygen atoms in total. The lowest BCUT2D eigenvalue weighted by molar-refractivity contribution is 0.191. The van der Waals surface area contributed by atoms with Gasteiger partial charge in [-0.2, -0.15) is 0 Å². The number of pyridine rings is 1. The summed E-state index contributed by atoms with van der Waals surface area (Å²) in [6, 6.07) is 5.96. The van der Waals surface area contributed by atoms with Crippen molar-refractivity contribution in [2.75, 3.05) is 19.6 Å². The summed E-state index contributed by atoms with van der Waals surface area (Å²) in [6.07, 6.45) is 5.50. The first-order valence-electron chi connectivity index (χ1n) is 7.11. The van der Waals surface area contributed by atoms with E-state index in [9.17, 15) is 0 Å². The maximum absolute atomic E-state index is 6.28. The predicted octanol–water partition coefficient (Wildman–Crippen LogP) is 3.26. The second-order valence-electron chi connectivity index (χ2n) is 5.36. The minimum Gasteiger partial charge on any atom is -0.304 e. The predicted molar refractivity (Wildman–Crippen MR) is 78.7 cm³/mol. The van der Waals surface area contributed by atoms with Gasteiger partial charge in [0.2, 0.25) is 0 Å². The van der Waals surface area contributed by atoms with E-state index in [-0.39, 0.29) is 0 Å². The molecule has 0 amide bonds. The van der Waals surface area contributed by atoms with Crippen LogP contribution in [0.1, 0.15) is 25.6 Å². The molecule has 1 aliphatic rings. The highest BCUT2D eigenvalue weighted by Crippen LogP contribution is 2.23. The molecule has 0 atom stereocenters. The van der Waals surface area contributed by atoms with Gasteiger partial charge in [-0.1, -0.05) is 24.6 Å². The van der Waals surface area contributed by atoms with Gasteiger partial charge in [-0.3, -0.25) is 4.40 Å². The monoisotopic (exact) mass is 277 g/mol. The van der Waals surface area contributed by atoms with Crippen molar-refractivity contribution in [1.82, 2.24) is 14.3 Å². The van der Waals surface area contributed by atoms with Crippen LogP contribution in [-0.4, -0.2) is 33.9 Å². The molecule has 0 aromatic carbocycles. The van der Waals surface area contributed by atoms with Crippen LogP contribution in [0.25, 0.3) is 5.52 Å². The van der Waals surface area contributed by atoms with Crippen LogP contribution in [0, 0.1) is 5.92 Å². The van der Waals surface area contributed by atoms with E-state index in [0.717, 1.165) is 28.8 Å². The number of piperidine rings is 1. The van der Waals surface area contributed by atoms with Crippen LogP contribution in [0.5, 0.6) is 0 Å². The molecule has 0 aliphatic carbocycles. The van der Waals surface area contributed by atoms with Gasteiger partial charge in [0.05, 0.1) is 11.7 Å². The van der Waals surface area contributed by atoms with E-state index in [4.69, 9.17) is 11.6 Å². The van der Waals surface area contributed by atoms with Crippen molar-refractivity contribution in [1.29, 1.82) is 0 Å². The van der Waals surface area contributed by atoms with Crippen molar-refractivity contribution < 1.29 is 0 Å². The van der Waals surface area contributed by atoms with Crippen LogP contribution in [0.3, 0.4) is 0 Å². The molecule has 1 saturated heterocycles. The summed E-state index contributed by atoms with van der Waals surface area (Å²) in [6.45, 7) is 5.85. The van der Waals surface area contributed by atoms with E-state index >= 15 is 0 Å². The highest BCUT2D eigenvalue weighted by molar-refractivity contribution is 6.29. The number of fused-ring (bicyclic) bond motifs is 1. The van der Waals surface area contributed by atoms with Crippen LogP contribution in [-0.2, 0) is 6.42 Å². The number of halogens is 1. The molecule has 4 heteroatoms. The van der Waals surface area contributed by atoms with Crippen LogP contribution in [0.2, 0.25) is 5.15 Å². The molecule has 1 fully saturated rings. The number of nitrogens with zero attached hydrogens (tertiary/aromatic N) is 3. The average molecular weight is 278 g/mol. The number of aromatic nitrogens is 2. The molecular formula is C15H20ClN3. The Morgan fingerprint density at radius 2 is 2.11 bits per heavy atom. The fourth-order valence-electron chi connectivity index (χ4n) is 2.98. The van der Waals surface area contributed by atoms with Gasteiger partial charge in [-0.25, -0.2) is 4.98 Å². The SMILES string of the molecule is CCN1CCC(Cc2ncc3cccc(Cl)n23)CC1. The van der Waals surface area contributed by atoms with Gasteiger partial charge in [0.25, 0.3) is 0 Å². The minimum atomic E-state index is 0.740. The van der Waals surface area contributed by atoms with Gasteiger partial charge in [-0.05, 0) is 50.5 Å². The molecule has 0 spiro atoms. The first-order chi connectivity index (χ1) is 9.28. The second-order valence-corrected chi connectivity index (χ2v) is 5.75. The van der Waals surface area contributed by atoms with Crippen molar-refractivity contribution >= 4 is 17.1 Å². The Labute approximate surface area is 119 Å². The maximum Gasteiger partial charge on any atom is 0.114 e. The lowest BCUT2D eigenvalue weighted by Gasteiger charge is -2.30. The Morgan fingerprint density at radius 1 is 1.32 bits per heavy atom. The van der Waals surface area contributed by atoms with Crippen LogP contribution < -0.4 is 0 Å². The van der Waals surface area contributed by atoms with Gasteiger partial charge in [0.15, 0.2) is 0 Å². The van der Waals surface area contributed by atoms with E-state index in [1.807, 2.05) is 18.3 Å². The average Bonchev–Trinajstić information content (AvgIpc) is 2.84. The molecule has 19 heavy (non-hydrogen) atoms. The van der Waals surface area contributed by atoms with E-state index in [2.05, 4.69) is 27.3 Å². The van der Waals surface area contributed by atoms with E-state index in [0.29, 0.717) is 0 Å². The zero-order valence-electron chi connectivity index (χ0n) is 11.3. The zero-order chi connectivity index (χ0) is 13.2. The first-order valence-corrected chi connectivity index (χ1v) is 7.49. The molecular weight excluding hydrogens is 258 g/mol. The number of imidazole rings is 1. The highest BCUT2D eigenvalue weighted by atomic mass is 35.5. The van der Waals surface area contributed by atoms with Crippen LogP contribution in [0.4, 0.5) is 0 Å². The van der Waals surface area contributed by atoms with Crippen molar-refractivity contribution in [3.8, 4) is 0 Å². The standard InChI is InChI=1S/C15H20ClN3/c1-2-18-8-6-12(7-9-18)10-15-17-11-13-4-3-5-14(16)19(13)15/h3-5,11-12H,2,6-10H2,1H3. The normalized spacial score (nSPS) is 18.2. The lowest BCUT2D eigenvalue weighted by atomic mass is 9.93. The third kappa shape index (κ3) is 2.63. The number of likely N-dealkylation sites (tertiary alicyclic amines) is 1. The molecule has 2 aromatic rings. The summed E-state index contributed by atoms with van der Waals surface area (Å²) in [4.78, 5) is 7.08. The van der Waals surface area contributed by atoms with Gasteiger partial charge in [-0.15, -0.1) is 0 Å². The zero-order valence-corrected chi connectivity index (χ0v) is 12.1. The smallest absolute Gasteiger partial charge is 0.114 e. The van der Waals surface area contributed by atoms with Crippen molar-refractivity contribution in [2.45, 2.75) is 26.2 Å². The molecule has 0 bridgehead atoms. The number of hydrogen-bond donors (Lipinski definition) is 0. The largest absolute Gasteiger partial charge is 0.304 e. The van der Waals surface area contributed by atoms with Gasteiger partial charge in [0.1, 0.15) is 11.0 Å². The quantitative estimate of drug-likeness (QED) is 0.803. The Balaban J connectivity index is 1.75. The summed E-state index contributed by atoms with van der Waals surface area (Å²) < 4.78 is 2.08. The molecule has 2 aromatic heterocycles. The summed E-state index contributed by atoms with van der Waals surface area (Å²) in [5.41, 5.74) is 1.09. The second kappa shape index (κ2) is 5.51. The minimum absolute atomic E-state index is 0.740. The lowest BCUT2D eigenvalue weighted by Crippen LogP contribution is -2.34. The Bertz CT molecular complexity index is 556. The maximum atomic E-state index is 6.28. The number of hydrogen-bond acceptors (Lipinski definition) is 2. The van der Waals surface area contributed by atoms with Crippen molar-refractivity contribution in [3.63, 3.8) is 0 Å². The van der Waals surface area contributed by atoms with E-state index < -0.39 is 0 Å². The highest BCUT2D eigenvalue weighted by Gasteiger charge is 2.20. The third-order valence-corrected chi connectivity index (χ3v) is 4.50. The molecule has 0 saturated carbocycles. The van der Waals surface area contributed by atoms with Crippen molar-refractivity contribution in [2.24, 2.45) is 5.92 Å². The number of rotatable bonds is 3.